The molecular formula is C17H19NO2. The molecular weight excluding hydrogens is 250 g/mol. The largest absolute Gasteiger partial charge is 0.508 e. The molecule has 2 aromatic rings. The molecule has 2 atom stereocenters. The molecule has 0 fully saturated rings. The van der Waals surface area contributed by atoms with E-state index < -0.39 is 0 Å². The Morgan fingerprint density at radius 1 is 1.05 bits per heavy atom. The van der Waals surface area contributed by atoms with Gasteiger partial charge in [-0.2, -0.15) is 0 Å². The number of phenols is 1. The highest BCUT2D eigenvalue weighted by Gasteiger charge is 2.29. The summed E-state index contributed by atoms with van der Waals surface area (Å²) in [5, 5.41) is 13.7. The van der Waals surface area contributed by atoms with Gasteiger partial charge in [-0.1, -0.05) is 12.1 Å². The Balaban J connectivity index is 1.60. The molecule has 0 saturated carbocycles. The quantitative estimate of drug-likeness (QED) is 0.875. The van der Waals surface area contributed by atoms with Gasteiger partial charge in [-0.25, -0.2) is 0 Å². The van der Waals surface area contributed by atoms with Crippen LogP contribution in [0, 0.1) is 0 Å². The standard InChI is InChI=1S/C17H19NO2/c19-16-5-1-3-11-12(16)7-8-15(11)18-14-4-2-6-17-13(14)9-10-20-17/h1,3,5,9-10,14-15,18-19H,2,4,6-8H2. The second-order valence-electron chi connectivity index (χ2n) is 5.85. The molecule has 3 heteroatoms. The second kappa shape index (κ2) is 4.67. The third-order valence-corrected chi connectivity index (χ3v) is 4.70. The lowest BCUT2D eigenvalue weighted by atomic mass is 9.92. The highest BCUT2D eigenvalue weighted by molar-refractivity contribution is 5.44. The van der Waals surface area contributed by atoms with Gasteiger partial charge in [-0.3, -0.25) is 0 Å². The molecule has 1 aromatic carbocycles. The van der Waals surface area contributed by atoms with E-state index in [-0.39, 0.29) is 0 Å². The molecule has 0 amide bonds. The Hall–Kier alpha value is -1.74. The smallest absolute Gasteiger partial charge is 0.119 e. The van der Waals surface area contributed by atoms with E-state index in [2.05, 4.69) is 17.4 Å². The Labute approximate surface area is 118 Å². The molecule has 0 spiro atoms. The number of furan rings is 1. The number of benzene rings is 1. The molecule has 0 saturated heterocycles. The maximum absolute atomic E-state index is 9.94. The molecule has 2 N–H and O–H groups in total. The zero-order chi connectivity index (χ0) is 13.5. The fraction of sp³-hybridized carbons (Fsp3) is 0.412. The van der Waals surface area contributed by atoms with Gasteiger partial charge in [-0.15, -0.1) is 0 Å². The first-order valence-electron chi connectivity index (χ1n) is 7.46. The number of aryl methyl sites for hydroxylation is 1. The third kappa shape index (κ3) is 1.85. The molecule has 4 rings (SSSR count). The number of hydrogen-bond donors (Lipinski definition) is 2. The van der Waals surface area contributed by atoms with Crippen LogP contribution in [0.25, 0.3) is 0 Å². The van der Waals surface area contributed by atoms with Crippen molar-refractivity contribution in [1.82, 2.24) is 5.32 Å². The van der Waals surface area contributed by atoms with E-state index in [0.29, 0.717) is 17.8 Å². The van der Waals surface area contributed by atoms with Gasteiger partial charge in [0.1, 0.15) is 11.5 Å². The number of hydrogen-bond acceptors (Lipinski definition) is 3. The van der Waals surface area contributed by atoms with Crippen molar-refractivity contribution in [3.63, 3.8) is 0 Å². The van der Waals surface area contributed by atoms with Crippen molar-refractivity contribution < 1.29 is 9.52 Å². The van der Waals surface area contributed by atoms with E-state index in [1.54, 1.807) is 12.3 Å². The van der Waals surface area contributed by atoms with Crippen molar-refractivity contribution in [1.29, 1.82) is 0 Å². The number of nitrogens with one attached hydrogen (secondary N) is 1. The first-order chi connectivity index (χ1) is 9.83. The predicted octanol–water partition coefficient (Wildman–Crippen LogP) is 3.64. The maximum Gasteiger partial charge on any atom is 0.119 e. The Bertz CT molecular complexity index is 632. The van der Waals surface area contributed by atoms with Gasteiger partial charge in [-0.05, 0) is 48.9 Å². The zero-order valence-corrected chi connectivity index (χ0v) is 11.4. The van der Waals surface area contributed by atoms with Crippen LogP contribution < -0.4 is 5.32 Å². The normalized spacial score (nSPS) is 24.4. The van der Waals surface area contributed by atoms with Crippen molar-refractivity contribution in [3.05, 3.63) is 53.0 Å². The van der Waals surface area contributed by atoms with Crippen molar-refractivity contribution >= 4 is 0 Å². The summed E-state index contributed by atoms with van der Waals surface area (Å²) in [5.41, 5.74) is 3.71. The minimum absolute atomic E-state index is 0.350. The van der Waals surface area contributed by atoms with Gasteiger partial charge in [0.2, 0.25) is 0 Å². The van der Waals surface area contributed by atoms with E-state index in [1.165, 1.54) is 17.5 Å². The Kier molecular flexibility index (Phi) is 2.81. The summed E-state index contributed by atoms with van der Waals surface area (Å²) in [7, 11) is 0. The summed E-state index contributed by atoms with van der Waals surface area (Å²) >= 11 is 0. The van der Waals surface area contributed by atoms with E-state index in [4.69, 9.17) is 4.42 Å². The third-order valence-electron chi connectivity index (χ3n) is 4.70. The number of rotatable bonds is 2. The van der Waals surface area contributed by atoms with Crippen LogP contribution in [0.3, 0.4) is 0 Å². The van der Waals surface area contributed by atoms with Crippen molar-refractivity contribution in [2.45, 2.75) is 44.2 Å². The highest BCUT2D eigenvalue weighted by atomic mass is 16.3. The Morgan fingerprint density at radius 3 is 2.90 bits per heavy atom. The van der Waals surface area contributed by atoms with E-state index in [0.717, 1.165) is 37.0 Å². The first kappa shape index (κ1) is 12.0. The molecule has 2 aliphatic carbocycles. The molecule has 0 radical (unpaired) electrons. The SMILES string of the molecule is Oc1cccc2c1CCC2NC1CCCc2occc21. The fourth-order valence-corrected chi connectivity index (χ4v) is 3.71. The van der Waals surface area contributed by atoms with E-state index >= 15 is 0 Å². The molecule has 1 aromatic heterocycles. The summed E-state index contributed by atoms with van der Waals surface area (Å²) in [4.78, 5) is 0. The van der Waals surface area contributed by atoms with E-state index in [1.807, 2.05) is 6.07 Å². The van der Waals surface area contributed by atoms with Crippen molar-refractivity contribution in [3.8, 4) is 5.75 Å². The lowest BCUT2D eigenvalue weighted by molar-refractivity contribution is 0.375. The van der Waals surface area contributed by atoms with Crippen LogP contribution in [0.5, 0.6) is 5.75 Å². The molecule has 0 bridgehead atoms. The zero-order valence-electron chi connectivity index (χ0n) is 11.4. The van der Waals surface area contributed by atoms with Crippen molar-refractivity contribution in [2.75, 3.05) is 0 Å². The molecule has 104 valence electrons. The summed E-state index contributed by atoms with van der Waals surface area (Å²) < 4.78 is 5.56. The van der Waals surface area contributed by atoms with Crippen LogP contribution in [0.4, 0.5) is 0 Å². The highest BCUT2D eigenvalue weighted by Crippen LogP contribution is 2.39. The molecule has 1 heterocycles. The number of fused-ring (bicyclic) bond motifs is 2. The van der Waals surface area contributed by atoms with Crippen LogP contribution in [0.1, 0.15) is 53.8 Å². The molecule has 3 nitrogen and oxygen atoms in total. The predicted molar refractivity (Wildman–Crippen MR) is 76.7 cm³/mol. The van der Waals surface area contributed by atoms with Crippen LogP contribution in [-0.2, 0) is 12.8 Å². The van der Waals surface area contributed by atoms with Crippen LogP contribution in [0.15, 0.2) is 34.9 Å². The average Bonchev–Trinajstić information content (AvgIpc) is 3.07. The van der Waals surface area contributed by atoms with Gasteiger partial charge >= 0.3 is 0 Å². The fourth-order valence-electron chi connectivity index (χ4n) is 3.71. The lowest BCUT2D eigenvalue weighted by Crippen LogP contribution is -2.27. The topological polar surface area (TPSA) is 45.4 Å². The maximum atomic E-state index is 9.94. The van der Waals surface area contributed by atoms with Gasteiger partial charge in [0, 0.05) is 24.1 Å². The molecule has 0 aliphatic heterocycles. The minimum Gasteiger partial charge on any atom is -0.508 e. The van der Waals surface area contributed by atoms with E-state index in [9.17, 15) is 5.11 Å². The summed E-state index contributed by atoms with van der Waals surface area (Å²) in [6, 6.07) is 8.70. The van der Waals surface area contributed by atoms with Gasteiger partial charge < -0.3 is 14.8 Å². The average molecular weight is 269 g/mol. The molecule has 2 unspecified atom stereocenters. The van der Waals surface area contributed by atoms with Crippen LogP contribution >= 0.6 is 0 Å². The van der Waals surface area contributed by atoms with Gasteiger partial charge in [0.25, 0.3) is 0 Å². The van der Waals surface area contributed by atoms with Gasteiger partial charge in [0.15, 0.2) is 0 Å². The van der Waals surface area contributed by atoms with Crippen LogP contribution in [-0.4, -0.2) is 5.11 Å². The molecule has 20 heavy (non-hydrogen) atoms. The second-order valence-corrected chi connectivity index (χ2v) is 5.85. The first-order valence-corrected chi connectivity index (χ1v) is 7.46. The summed E-state index contributed by atoms with van der Waals surface area (Å²) in [6.45, 7) is 0. The summed E-state index contributed by atoms with van der Waals surface area (Å²) in [5.74, 6) is 1.59. The van der Waals surface area contributed by atoms with Crippen molar-refractivity contribution in [2.24, 2.45) is 0 Å². The molecule has 2 aliphatic rings. The number of aromatic hydroxyl groups is 1. The number of phenolic OH excluding ortho intramolecular Hbond substituents is 1. The minimum atomic E-state index is 0.350. The monoisotopic (exact) mass is 269 g/mol. The summed E-state index contributed by atoms with van der Waals surface area (Å²) in [6.07, 6.45) is 7.23. The Morgan fingerprint density at radius 2 is 1.95 bits per heavy atom. The lowest BCUT2D eigenvalue weighted by Gasteiger charge is -2.26. The van der Waals surface area contributed by atoms with Crippen LogP contribution in [0.2, 0.25) is 0 Å². The van der Waals surface area contributed by atoms with Gasteiger partial charge in [0.05, 0.1) is 6.26 Å².